The molecule has 35 heavy (non-hydrogen) atoms. The van der Waals surface area contributed by atoms with E-state index in [1.54, 1.807) is 0 Å². The second kappa shape index (κ2) is 10.2. The fourth-order valence-electron chi connectivity index (χ4n) is 4.88. The normalized spacial score (nSPS) is 11.3. The predicted octanol–water partition coefficient (Wildman–Crippen LogP) is 6.64. The summed E-state index contributed by atoms with van der Waals surface area (Å²) < 4.78 is 13.4. The minimum Gasteiger partial charge on any atom is -0.494 e. The van der Waals surface area contributed by atoms with Crippen LogP contribution in [0.3, 0.4) is 0 Å². The van der Waals surface area contributed by atoms with Gasteiger partial charge in [0, 0.05) is 34.3 Å². The summed E-state index contributed by atoms with van der Waals surface area (Å²) in [6, 6.07) is 10.1. The maximum atomic E-state index is 13.0. The van der Waals surface area contributed by atoms with E-state index in [0.29, 0.717) is 25.3 Å². The zero-order valence-electron chi connectivity index (χ0n) is 21.2. The molecule has 0 saturated carbocycles. The summed E-state index contributed by atoms with van der Waals surface area (Å²) in [6.45, 7) is 10.6. The van der Waals surface area contributed by atoms with Crippen LogP contribution < -0.4 is 4.74 Å². The average molecular weight is 494 g/mol. The molecule has 6 nitrogen and oxygen atoms in total. The minimum atomic E-state index is -0.308. The number of ether oxygens (including phenoxy) is 2. The summed E-state index contributed by atoms with van der Waals surface area (Å²) in [7, 11) is 1.93. The molecule has 4 aromatic rings. The Bertz CT molecular complexity index is 1360. The third-order valence-corrected chi connectivity index (χ3v) is 7.03. The average Bonchev–Trinajstić information content (AvgIpc) is 3.30. The number of H-pyrrole nitrogens is 1. The van der Waals surface area contributed by atoms with E-state index in [1.807, 2.05) is 64.4 Å². The maximum Gasteiger partial charge on any atom is 0.355 e. The molecular weight excluding hydrogens is 462 g/mol. The third-order valence-electron chi connectivity index (χ3n) is 6.43. The number of aromatic amines is 1. The summed E-state index contributed by atoms with van der Waals surface area (Å²) in [5.41, 5.74) is 8.61. The highest BCUT2D eigenvalue weighted by atomic mass is 35.5. The molecule has 2 aromatic carbocycles. The van der Waals surface area contributed by atoms with E-state index in [1.165, 1.54) is 0 Å². The Morgan fingerprint density at radius 2 is 1.86 bits per heavy atom. The van der Waals surface area contributed by atoms with Crippen LogP contribution in [0.2, 0.25) is 5.02 Å². The quantitative estimate of drug-likeness (QED) is 0.220. The molecule has 4 rings (SSSR count). The Kier molecular flexibility index (Phi) is 7.22. The predicted molar refractivity (Wildman–Crippen MR) is 141 cm³/mol. The summed E-state index contributed by atoms with van der Waals surface area (Å²) >= 11 is 6.28. The minimum absolute atomic E-state index is 0.308. The van der Waals surface area contributed by atoms with Crippen LogP contribution >= 0.6 is 11.6 Å². The first kappa shape index (κ1) is 24.9. The number of halogens is 1. The Hall–Kier alpha value is -3.25. The van der Waals surface area contributed by atoms with Crippen LogP contribution in [0.1, 0.15) is 51.9 Å². The van der Waals surface area contributed by atoms with E-state index in [9.17, 15) is 4.79 Å². The molecule has 0 aliphatic carbocycles. The monoisotopic (exact) mass is 493 g/mol. The first-order valence-corrected chi connectivity index (χ1v) is 12.3. The van der Waals surface area contributed by atoms with Crippen LogP contribution in [-0.4, -0.2) is 33.9 Å². The van der Waals surface area contributed by atoms with Gasteiger partial charge in [-0.15, -0.1) is 0 Å². The topological polar surface area (TPSA) is 69.1 Å². The number of nitrogens with one attached hydrogen (secondary N) is 1. The number of aromatic nitrogens is 3. The van der Waals surface area contributed by atoms with Crippen molar-refractivity contribution >= 4 is 28.5 Å². The fraction of sp³-hybridized carbons (Fsp3) is 0.357. The first-order valence-electron chi connectivity index (χ1n) is 11.9. The highest BCUT2D eigenvalue weighted by Crippen LogP contribution is 2.37. The van der Waals surface area contributed by atoms with Crippen LogP contribution in [0.4, 0.5) is 0 Å². The number of carbonyl (C=O) groups is 1. The van der Waals surface area contributed by atoms with Crippen LogP contribution in [0.15, 0.2) is 30.3 Å². The Balaban J connectivity index is 1.69. The second-order valence-electron chi connectivity index (χ2n) is 8.94. The van der Waals surface area contributed by atoms with E-state index < -0.39 is 0 Å². The number of hydrogen-bond donors (Lipinski definition) is 1. The van der Waals surface area contributed by atoms with Gasteiger partial charge in [-0.3, -0.25) is 5.10 Å². The molecule has 0 aliphatic heterocycles. The Labute approximate surface area is 211 Å². The van der Waals surface area contributed by atoms with Crippen molar-refractivity contribution in [3.8, 4) is 16.9 Å². The lowest BCUT2D eigenvalue weighted by molar-refractivity contribution is 0.0514. The molecule has 1 N–H and O–H groups in total. The van der Waals surface area contributed by atoms with Gasteiger partial charge in [-0.2, -0.15) is 5.10 Å². The van der Waals surface area contributed by atoms with Crippen molar-refractivity contribution in [2.75, 3.05) is 13.2 Å². The number of nitrogens with zero attached hydrogens (tertiary/aromatic N) is 2. The lowest BCUT2D eigenvalue weighted by atomic mass is 9.98. The van der Waals surface area contributed by atoms with Gasteiger partial charge in [-0.25, -0.2) is 4.79 Å². The van der Waals surface area contributed by atoms with Crippen LogP contribution in [0.25, 0.3) is 22.0 Å². The van der Waals surface area contributed by atoms with E-state index >= 15 is 0 Å². The van der Waals surface area contributed by atoms with Gasteiger partial charge in [0.15, 0.2) is 0 Å². The summed E-state index contributed by atoms with van der Waals surface area (Å²) in [6.07, 6.45) is 1.43. The van der Waals surface area contributed by atoms with Crippen molar-refractivity contribution in [3.05, 3.63) is 69.1 Å². The molecule has 0 saturated heterocycles. The number of benzene rings is 2. The fourth-order valence-corrected chi connectivity index (χ4v) is 4.99. The molecule has 0 amide bonds. The van der Waals surface area contributed by atoms with Gasteiger partial charge in [0.25, 0.3) is 0 Å². The van der Waals surface area contributed by atoms with Crippen LogP contribution in [0, 0.1) is 27.7 Å². The van der Waals surface area contributed by atoms with Gasteiger partial charge in [0.1, 0.15) is 11.4 Å². The lowest BCUT2D eigenvalue weighted by Crippen LogP contribution is -2.13. The number of esters is 1. The smallest absolute Gasteiger partial charge is 0.355 e. The lowest BCUT2D eigenvalue weighted by Gasteiger charge is -2.11. The number of para-hydroxylation sites is 1. The van der Waals surface area contributed by atoms with E-state index in [-0.39, 0.29) is 5.97 Å². The third kappa shape index (κ3) is 4.67. The van der Waals surface area contributed by atoms with Crippen molar-refractivity contribution in [1.29, 1.82) is 0 Å². The van der Waals surface area contributed by atoms with Crippen molar-refractivity contribution in [1.82, 2.24) is 14.8 Å². The molecule has 7 heteroatoms. The first-order chi connectivity index (χ1) is 16.7. The van der Waals surface area contributed by atoms with Crippen molar-refractivity contribution in [2.24, 2.45) is 7.05 Å². The molecule has 0 spiro atoms. The Morgan fingerprint density at radius 1 is 1.14 bits per heavy atom. The standard InChI is InChI=1S/C28H32ClN3O3/c1-7-34-28(33)27-22(12-9-13-35-20-14-16(2)25(29)17(3)15-20)21-10-8-11-23(26(21)32(27)6)24-18(4)30-31-19(24)5/h8,10-11,14-15H,7,9,12-13H2,1-6H3,(H,30,31). The summed E-state index contributed by atoms with van der Waals surface area (Å²) in [5, 5.41) is 9.27. The molecule has 0 atom stereocenters. The number of hydrogen-bond acceptors (Lipinski definition) is 4. The molecular formula is C28H32ClN3O3. The highest BCUT2D eigenvalue weighted by Gasteiger charge is 2.25. The van der Waals surface area contributed by atoms with E-state index in [4.69, 9.17) is 21.1 Å². The number of aryl methyl sites for hydroxylation is 6. The van der Waals surface area contributed by atoms with Gasteiger partial charge in [0.2, 0.25) is 0 Å². The van der Waals surface area contributed by atoms with Crippen molar-refractivity contribution < 1.29 is 14.3 Å². The zero-order chi connectivity index (χ0) is 25.3. The molecule has 2 aromatic heterocycles. The molecule has 0 aliphatic rings. The molecule has 184 valence electrons. The van der Waals surface area contributed by atoms with Gasteiger partial charge >= 0.3 is 5.97 Å². The Morgan fingerprint density at radius 3 is 2.49 bits per heavy atom. The zero-order valence-corrected chi connectivity index (χ0v) is 22.0. The molecule has 0 bridgehead atoms. The van der Waals surface area contributed by atoms with E-state index in [0.717, 1.165) is 67.3 Å². The van der Waals surface area contributed by atoms with E-state index in [2.05, 4.69) is 22.3 Å². The summed E-state index contributed by atoms with van der Waals surface area (Å²) in [5.74, 6) is 0.499. The van der Waals surface area contributed by atoms with Crippen molar-refractivity contribution in [2.45, 2.75) is 47.5 Å². The van der Waals surface area contributed by atoms with Gasteiger partial charge < -0.3 is 14.0 Å². The summed E-state index contributed by atoms with van der Waals surface area (Å²) in [4.78, 5) is 13.0. The number of carbonyl (C=O) groups excluding carboxylic acids is 1. The largest absolute Gasteiger partial charge is 0.494 e. The van der Waals surface area contributed by atoms with Gasteiger partial charge in [0.05, 0.1) is 24.4 Å². The SMILES string of the molecule is CCOC(=O)c1c(CCCOc2cc(C)c(Cl)c(C)c2)c2cccc(-c3c(C)n[nH]c3C)c2n1C. The molecule has 0 unspecified atom stereocenters. The number of rotatable bonds is 8. The van der Waals surface area contributed by atoms with Gasteiger partial charge in [-0.05, 0) is 76.3 Å². The van der Waals surface area contributed by atoms with Crippen molar-refractivity contribution in [3.63, 3.8) is 0 Å². The maximum absolute atomic E-state index is 13.0. The number of fused-ring (bicyclic) bond motifs is 1. The van der Waals surface area contributed by atoms with Crippen LogP contribution in [-0.2, 0) is 18.2 Å². The molecule has 0 fully saturated rings. The van der Waals surface area contributed by atoms with Gasteiger partial charge in [-0.1, -0.05) is 29.8 Å². The highest BCUT2D eigenvalue weighted by molar-refractivity contribution is 6.32. The van der Waals surface area contributed by atoms with Crippen LogP contribution in [0.5, 0.6) is 5.75 Å². The molecule has 2 heterocycles. The second-order valence-corrected chi connectivity index (χ2v) is 9.32. The molecule has 0 radical (unpaired) electrons.